The fraction of sp³-hybridized carbons (Fsp3) is 0.143. The Labute approximate surface area is 72.8 Å². The molecule has 0 bridgehead atoms. The lowest BCUT2D eigenvalue weighted by Gasteiger charge is -2.03. The first-order chi connectivity index (χ1) is 6.02. The largest absolute Gasteiger partial charge is 0.504 e. The first-order valence-corrected chi connectivity index (χ1v) is 3.36. The van der Waals surface area contributed by atoms with Crippen molar-refractivity contribution in [2.75, 3.05) is 0 Å². The van der Waals surface area contributed by atoms with Crippen LogP contribution < -0.4 is 0 Å². The number of rotatable bonds is 2. The van der Waals surface area contributed by atoms with Gasteiger partial charge in [0.05, 0.1) is 10.5 Å². The van der Waals surface area contributed by atoms with Crippen LogP contribution in [0.5, 0.6) is 11.5 Å². The van der Waals surface area contributed by atoms with Crippen LogP contribution in [0, 0.1) is 10.1 Å². The first-order valence-electron chi connectivity index (χ1n) is 3.36. The van der Waals surface area contributed by atoms with Crippen molar-refractivity contribution in [3.63, 3.8) is 0 Å². The molecule has 0 aliphatic rings. The number of aliphatic hydroxyl groups excluding tert-OH is 1. The van der Waals surface area contributed by atoms with Crippen molar-refractivity contribution in [2.24, 2.45) is 0 Å². The summed E-state index contributed by atoms with van der Waals surface area (Å²) < 4.78 is 0. The molecule has 0 radical (unpaired) electrons. The molecule has 1 aromatic carbocycles. The number of hydrogen-bond acceptors (Lipinski definition) is 5. The highest BCUT2D eigenvalue weighted by molar-refractivity contribution is 5.40. The van der Waals surface area contributed by atoms with Crippen LogP contribution in [-0.2, 0) is 0 Å². The minimum atomic E-state index is -1.88. The summed E-state index contributed by atoms with van der Waals surface area (Å²) in [6.45, 7) is 0. The maximum Gasteiger partial charge on any atom is 0.339 e. The summed E-state index contributed by atoms with van der Waals surface area (Å²) in [5.74, 6) is -0.891. The number of aliphatic hydroxyl groups is 1. The van der Waals surface area contributed by atoms with Crippen molar-refractivity contribution in [1.82, 2.24) is 0 Å². The number of nitrogens with zero attached hydrogens (tertiary/aromatic N) is 1. The summed E-state index contributed by atoms with van der Waals surface area (Å²) in [7, 11) is 0. The van der Waals surface area contributed by atoms with E-state index in [4.69, 9.17) is 15.3 Å². The van der Waals surface area contributed by atoms with E-state index in [2.05, 4.69) is 0 Å². The molecule has 13 heavy (non-hydrogen) atoms. The Morgan fingerprint density at radius 1 is 1.31 bits per heavy atom. The van der Waals surface area contributed by atoms with Crippen molar-refractivity contribution in [3.8, 4) is 11.5 Å². The highest BCUT2D eigenvalue weighted by atomic mass is 16.7. The maximum atomic E-state index is 10.1. The Balaban J connectivity index is 3.03. The summed E-state index contributed by atoms with van der Waals surface area (Å²) in [6.07, 6.45) is -1.88. The first kappa shape index (κ1) is 9.27. The van der Waals surface area contributed by atoms with Crippen LogP contribution in [-0.4, -0.2) is 20.2 Å². The van der Waals surface area contributed by atoms with Gasteiger partial charge in [-0.15, -0.1) is 0 Å². The normalized spacial score (nSPS) is 12.4. The fourth-order valence-electron chi connectivity index (χ4n) is 0.823. The summed E-state index contributed by atoms with van der Waals surface area (Å²) in [6, 6.07) is 3.16. The van der Waals surface area contributed by atoms with Crippen LogP contribution in [0.4, 0.5) is 0 Å². The number of benzene rings is 1. The van der Waals surface area contributed by atoms with Crippen LogP contribution in [0.15, 0.2) is 18.2 Å². The minimum Gasteiger partial charge on any atom is -0.504 e. The van der Waals surface area contributed by atoms with E-state index in [9.17, 15) is 10.1 Å². The third-order valence-corrected chi connectivity index (χ3v) is 1.50. The molecule has 0 heterocycles. The van der Waals surface area contributed by atoms with E-state index in [0.717, 1.165) is 18.2 Å². The smallest absolute Gasteiger partial charge is 0.339 e. The molecule has 6 heteroatoms. The van der Waals surface area contributed by atoms with E-state index in [0.29, 0.717) is 0 Å². The zero-order valence-electron chi connectivity index (χ0n) is 6.41. The predicted octanol–water partition coefficient (Wildman–Crippen LogP) is 0.365. The van der Waals surface area contributed by atoms with Gasteiger partial charge in [0, 0.05) is 0 Å². The van der Waals surface area contributed by atoms with E-state index >= 15 is 0 Å². The van der Waals surface area contributed by atoms with Gasteiger partial charge in [0.15, 0.2) is 11.5 Å². The lowest BCUT2D eigenvalue weighted by atomic mass is 10.2. The molecule has 70 valence electrons. The van der Waals surface area contributed by atoms with Crippen molar-refractivity contribution in [2.45, 2.75) is 6.23 Å². The number of aromatic hydroxyl groups is 2. The van der Waals surface area contributed by atoms with E-state index in [1.807, 2.05) is 0 Å². The topological polar surface area (TPSA) is 104 Å². The summed E-state index contributed by atoms with van der Waals surface area (Å²) >= 11 is 0. The van der Waals surface area contributed by atoms with Gasteiger partial charge in [-0.05, 0) is 18.2 Å². The molecule has 0 fully saturated rings. The van der Waals surface area contributed by atoms with Crippen LogP contribution in [0.1, 0.15) is 11.8 Å². The Morgan fingerprint density at radius 2 is 1.92 bits per heavy atom. The second-order valence-electron chi connectivity index (χ2n) is 2.41. The molecular weight excluding hydrogens is 178 g/mol. The zero-order valence-corrected chi connectivity index (χ0v) is 6.41. The van der Waals surface area contributed by atoms with Crippen LogP contribution in [0.2, 0.25) is 0 Å². The van der Waals surface area contributed by atoms with E-state index in [-0.39, 0.29) is 11.3 Å². The molecule has 0 aromatic heterocycles. The SMILES string of the molecule is O=[N+]([O-])C(O)c1ccc(O)c(O)c1. The molecule has 3 N–H and O–H groups in total. The Hall–Kier alpha value is -1.82. The molecule has 0 aliphatic carbocycles. The molecule has 1 rings (SSSR count). The van der Waals surface area contributed by atoms with Crippen LogP contribution in [0.25, 0.3) is 0 Å². The minimum absolute atomic E-state index is 0.0831. The molecule has 1 unspecified atom stereocenters. The van der Waals surface area contributed by atoms with E-state index in [1.54, 1.807) is 0 Å². The van der Waals surface area contributed by atoms with Crippen molar-refractivity contribution in [1.29, 1.82) is 0 Å². The highest BCUT2D eigenvalue weighted by Gasteiger charge is 2.19. The van der Waals surface area contributed by atoms with Gasteiger partial charge < -0.3 is 15.3 Å². The average Bonchev–Trinajstić information content (AvgIpc) is 2.08. The average molecular weight is 185 g/mol. The predicted molar refractivity (Wildman–Crippen MR) is 41.7 cm³/mol. The fourth-order valence-corrected chi connectivity index (χ4v) is 0.823. The number of nitro groups is 1. The molecule has 0 amide bonds. The van der Waals surface area contributed by atoms with Crippen LogP contribution >= 0.6 is 0 Å². The molecule has 0 saturated carbocycles. The number of hydrogen-bond donors (Lipinski definition) is 3. The highest BCUT2D eigenvalue weighted by Crippen LogP contribution is 2.27. The third-order valence-electron chi connectivity index (χ3n) is 1.50. The zero-order chi connectivity index (χ0) is 10.0. The maximum absolute atomic E-state index is 10.1. The van der Waals surface area contributed by atoms with Gasteiger partial charge in [-0.3, -0.25) is 10.1 Å². The van der Waals surface area contributed by atoms with Gasteiger partial charge in [-0.2, -0.15) is 0 Å². The van der Waals surface area contributed by atoms with Crippen LogP contribution in [0.3, 0.4) is 0 Å². The van der Waals surface area contributed by atoms with Crippen molar-refractivity contribution < 1.29 is 20.2 Å². The Kier molecular flexibility index (Phi) is 2.34. The van der Waals surface area contributed by atoms with Gasteiger partial charge in [-0.1, -0.05) is 0 Å². The molecule has 6 nitrogen and oxygen atoms in total. The molecule has 0 spiro atoms. The van der Waals surface area contributed by atoms with E-state index < -0.39 is 16.9 Å². The van der Waals surface area contributed by atoms with Gasteiger partial charge in [0.1, 0.15) is 0 Å². The van der Waals surface area contributed by atoms with Gasteiger partial charge >= 0.3 is 6.23 Å². The molecule has 0 aliphatic heterocycles. The third kappa shape index (κ3) is 1.85. The monoisotopic (exact) mass is 185 g/mol. The van der Waals surface area contributed by atoms with Gasteiger partial charge in [0.2, 0.25) is 0 Å². The molecule has 1 atom stereocenters. The Morgan fingerprint density at radius 3 is 2.38 bits per heavy atom. The van der Waals surface area contributed by atoms with Gasteiger partial charge in [0.25, 0.3) is 0 Å². The summed E-state index contributed by atoms with van der Waals surface area (Å²) in [5.41, 5.74) is -0.0831. The molecular formula is C7H7NO5. The Bertz CT molecular complexity index is 338. The lowest BCUT2D eigenvalue weighted by Crippen LogP contribution is -2.08. The second kappa shape index (κ2) is 3.28. The quantitative estimate of drug-likeness (QED) is 0.267. The molecule has 1 aromatic rings. The number of phenols is 2. The standard InChI is InChI=1S/C7H7NO5/c9-5-2-1-4(3-6(5)10)7(11)8(12)13/h1-3,7,9-11H. The summed E-state index contributed by atoms with van der Waals surface area (Å²) in [5, 5.41) is 36.8. The van der Waals surface area contributed by atoms with Crippen molar-refractivity contribution >= 4 is 0 Å². The van der Waals surface area contributed by atoms with Crippen molar-refractivity contribution in [3.05, 3.63) is 33.9 Å². The van der Waals surface area contributed by atoms with Gasteiger partial charge in [-0.25, -0.2) is 0 Å². The molecule has 0 saturated heterocycles. The number of phenolic OH excluding ortho intramolecular Hbond substituents is 2. The summed E-state index contributed by atoms with van der Waals surface area (Å²) in [4.78, 5) is 9.20. The second-order valence-corrected chi connectivity index (χ2v) is 2.41. The lowest BCUT2D eigenvalue weighted by molar-refractivity contribution is -0.578. The van der Waals surface area contributed by atoms with E-state index in [1.165, 1.54) is 0 Å².